The van der Waals surface area contributed by atoms with Crippen LogP contribution < -0.4 is 0 Å². The maximum atomic E-state index is 11.6. The molecule has 0 aliphatic rings. The van der Waals surface area contributed by atoms with Crippen LogP contribution in [0.5, 0.6) is 0 Å². The summed E-state index contributed by atoms with van der Waals surface area (Å²) in [7, 11) is 0. The molecule has 0 radical (unpaired) electrons. The van der Waals surface area contributed by atoms with Crippen molar-refractivity contribution < 1.29 is 9.59 Å². The van der Waals surface area contributed by atoms with E-state index in [0.29, 0.717) is 11.8 Å². The van der Waals surface area contributed by atoms with Crippen molar-refractivity contribution in [3.8, 4) is 0 Å². The molecule has 0 aromatic rings. The molecule has 0 aliphatic heterocycles. The van der Waals surface area contributed by atoms with Crippen molar-refractivity contribution >= 4 is 11.6 Å². The van der Waals surface area contributed by atoms with Gasteiger partial charge in [0.2, 0.25) is 0 Å². The van der Waals surface area contributed by atoms with Crippen molar-refractivity contribution in [2.24, 2.45) is 17.8 Å². The van der Waals surface area contributed by atoms with Crippen molar-refractivity contribution in [1.82, 2.24) is 0 Å². The van der Waals surface area contributed by atoms with Crippen molar-refractivity contribution in [3.05, 3.63) is 0 Å². The molecule has 0 heterocycles. The van der Waals surface area contributed by atoms with E-state index in [-0.39, 0.29) is 23.9 Å². The summed E-state index contributed by atoms with van der Waals surface area (Å²) >= 11 is 0. The molecular formula is C11H20O2. The number of carbonyl (C=O) groups excluding carboxylic acids is 2. The summed E-state index contributed by atoms with van der Waals surface area (Å²) in [4.78, 5) is 22.4. The molecule has 0 aromatic heterocycles. The molecule has 0 spiro atoms. The van der Waals surface area contributed by atoms with Gasteiger partial charge in [-0.1, -0.05) is 27.7 Å². The minimum atomic E-state index is -0.0312. The fraction of sp³-hybridized carbons (Fsp3) is 0.818. The van der Waals surface area contributed by atoms with E-state index < -0.39 is 0 Å². The van der Waals surface area contributed by atoms with Crippen molar-refractivity contribution in [3.63, 3.8) is 0 Å². The van der Waals surface area contributed by atoms with Gasteiger partial charge in [-0.15, -0.1) is 0 Å². The lowest BCUT2D eigenvalue weighted by Crippen LogP contribution is -2.26. The summed E-state index contributed by atoms with van der Waals surface area (Å²) in [6.45, 7) is 9.59. The van der Waals surface area contributed by atoms with Crippen LogP contribution in [0.15, 0.2) is 0 Å². The van der Waals surface area contributed by atoms with Gasteiger partial charge < -0.3 is 0 Å². The second-order valence-electron chi connectivity index (χ2n) is 4.36. The van der Waals surface area contributed by atoms with E-state index in [1.165, 1.54) is 6.92 Å². The predicted octanol–water partition coefficient (Wildman–Crippen LogP) is 2.46. The molecule has 0 atom stereocenters. The van der Waals surface area contributed by atoms with Crippen LogP contribution in [-0.4, -0.2) is 11.6 Å². The first kappa shape index (κ1) is 12.3. The fourth-order valence-electron chi connectivity index (χ4n) is 1.88. The first-order chi connectivity index (χ1) is 5.86. The third-order valence-corrected chi connectivity index (χ3v) is 2.23. The molecule has 0 amide bonds. The van der Waals surface area contributed by atoms with Crippen LogP contribution in [0.4, 0.5) is 0 Å². The van der Waals surface area contributed by atoms with E-state index >= 15 is 0 Å². The van der Waals surface area contributed by atoms with Gasteiger partial charge in [-0.2, -0.15) is 0 Å². The molecular weight excluding hydrogens is 164 g/mol. The number of rotatable bonds is 5. The summed E-state index contributed by atoms with van der Waals surface area (Å²) in [5, 5.41) is 0. The fourth-order valence-corrected chi connectivity index (χ4v) is 1.88. The van der Waals surface area contributed by atoms with Crippen molar-refractivity contribution in [1.29, 1.82) is 0 Å². The van der Waals surface area contributed by atoms with Gasteiger partial charge in [0.15, 0.2) is 0 Å². The molecule has 0 bridgehead atoms. The van der Waals surface area contributed by atoms with Crippen molar-refractivity contribution in [2.75, 3.05) is 0 Å². The average Bonchev–Trinajstić information content (AvgIpc) is 1.81. The van der Waals surface area contributed by atoms with Gasteiger partial charge in [-0.05, 0) is 18.8 Å². The number of ketones is 2. The van der Waals surface area contributed by atoms with Crippen LogP contribution in [0, 0.1) is 17.8 Å². The standard InChI is InChI=1S/C11H20O2/c1-7(2)11(8(3)4)10(13)6-9(5)12/h7-8,11H,6H2,1-5H3. The molecule has 0 aromatic carbocycles. The van der Waals surface area contributed by atoms with Gasteiger partial charge in [-0.25, -0.2) is 0 Å². The van der Waals surface area contributed by atoms with Crippen LogP contribution in [0.3, 0.4) is 0 Å². The Morgan fingerprint density at radius 1 is 1.00 bits per heavy atom. The zero-order valence-electron chi connectivity index (χ0n) is 9.26. The lowest BCUT2D eigenvalue weighted by molar-refractivity contribution is -0.130. The Hall–Kier alpha value is -0.660. The number of carbonyl (C=O) groups is 2. The van der Waals surface area contributed by atoms with E-state index in [1.54, 1.807) is 0 Å². The van der Waals surface area contributed by atoms with Crippen LogP contribution in [0.25, 0.3) is 0 Å². The van der Waals surface area contributed by atoms with E-state index in [2.05, 4.69) is 0 Å². The molecule has 0 N–H and O–H groups in total. The molecule has 13 heavy (non-hydrogen) atoms. The molecule has 76 valence electrons. The summed E-state index contributed by atoms with van der Waals surface area (Å²) in [6.07, 6.45) is 0.0982. The van der Waals surface area contributed by atoms with Crippen LogP contribution in [0.2, 0.25) is 0 Å². The number of hydrogen-bond donors (Lipinski definition) is 0. The smallest absolute Gasteiger partial charge is 0.143 e. The highest BCUT2D eigenvalue weighted by Gasteiger charge is 2.25. The van der Waals surface area contributed by atoms with Gasteiger partial charge in [0, 0.05) is 5.92 Å². The highest BCUT2D eigenvalue weighted by atomic mass is 16.1. The molecule has 2 heteroatoms. The van der Waals surface area contributed by atoms with Gasteiger partial charge in [0.1, 0.15) is 11.6 Å². The van der Waals surface area contributed by atoms with Crippen LogP contribution in [0.1, 0.15) is 41.0 Å². The molecule has 0 fully saturated rings. The monoisotopic (exact) mass is 184 g/mol. The van der Waals surface area contributed by atoms with Gasteiger partial charge in [0.25, 0.3) is 0 Å². The van der Waals surface area contributed by atoms with E-state index in [4.69, 9.17) is 0 Å². The highest BCUT2D eigenvalue weighted by molar-refractivity contribution is 5.99. The van der Waals surface area contributed by atoms with E-state index in [9.17, 15) is 9.59 Å². The van der Waals surface area contributed by atoms with Crippen LogP contribution >= 0.6 is 0 Å². The van der Waals surface area contributed by atoms with Crippen molar-refractivity contribution in [2.45, 2.75) is 41.0 Å². The lowest BCUT2D eigenvalue weighted by Gasteiger charge is -2.22. The van der Waals surface area contributed by atoms with Gasteiger partial charge in [0.05, 0.1) is 6.42 Å². The molecule has 0 saturated carbocycles. The zero-order valence-corrected chi connectivity index (χ0v) is 9.26. The SMILES string of the molecule is CC(=O)CC(=O)C(C(C)C)C(C)C. The second kappa shape index (κ2) is 5.15. The summed E-state index contributed by atoms with van der Waals surface area (Å²) in [5.74, 6) is 0.747. The van der Waals surface area contributed by atoms with Gasteiger partial charge in [-0.3, -0.25) is 9.59 Å². The minimum Gasteiger partial charge on any atom is -0.300 e. The Balaban J connectivity index is 4.38. The Labute approximate surface area is 80.7 Å². The summed E-state index contributed by atoms with van der Waals surface area (Å²) in [5.41, 5.74) is 0. The average molecular weight is 184 g/mol. The Morgan fingerprint density at radius 2 is 1.38 bits per heavy atom. The summed E-state index contributed by atoms with van der Waals surface area (Å²) < 4.78 is 0. The lowest BCUT2D eigenvalue weighted by atomic mass is 9.81. The first-order valence-corrected chi connectivity index (χ1v) is 4.88. The predicted molar refractivity (Wildman–Crippen MR) is 53.5 cm³/mol. The Morgan fingerprint density at radius 3 is 1.62 bits per heavy atom. The Bertz CT molecular complexity index is 184. The Kier molecular flexibility index (Phi) is 4.89. The first-order valence-electron chi connectivity index (χ1n) is 4.88. The van der Waals surface area contributed by atoms with Gasteiger partial charge >= 0.3 is 0 Å². The number of Topliss-reactive ketones (excluding diaryl/α,β-unsaturated/α-hetero) is 2. The summed E-state index contributed by atoms with van der Waals surface area (Å²) in [6, 6.07) is 0. The van der Waals surface area contributed by atoms with E-state index in [1.807, 2.05) is 27.7 Å². The maximum absolute atomic E-state index is 11.6. The maximum Gasteiger partial charge on any atom is 0.143 e. The van der Waals surface area contributed by atoms with Crippen LogP contribution in [-0.2, 0) is 9.59 Å². The third-order valence-electron chi connectivity index (χ3n) is 2.23. The molecule has 0 aliphatic carbocycles. The molecule has 0 unspecified atom stereocenters. The second-order valence-corrected chi connectivity index (χ2v) is 4.36. The highest BCUT2D eigenvalue weighted by Crippen LogP contribution is 2.22. The normalized spacial score (nSPS) is 11.4. The quantitative estimate of drug-likeness (QED) is 0.615. The topological polar surface area (TPSA) is 34.1 Å². The van der Waals surface area contributed by atoms with E-state index in [0.717, 1.165) is 0 Å². The number of hydrogen-bond acceptors (Lipinski definition) is 2. The molecule has 0 rings (SSSR count). The zero-order chi connectivity index (χ0) is 10.6. The largest absolute Gasteiger partial charge is 0.300 e. The molecule has 2 nitrogen and oxygen atoms in total. The minimum absolute atomic E-state index is 0.0312. The molecule has 0 saturated heterocycles. The third kappa shape index (κ3) is 4.20.